The summed E-state index contributed by atoms with van der Waals surface area (Å²) < 4.78 is 5.74. The Labute approximate surface area is 291 Å². The Bertz CT molecular complexity index is 1920. The predicted molar refractivity (Wildman–Crippen MR) is 186 cm³/mol. The summed E-state index contributed by atoms with van der Waals surface area (Å²) in [5, 5.41) is 2.35. The van der Waals surface area contributed by atoms with Crippen LogP contribution in [0.4, 0.5) is 5.69 Å². The van der Waals surface area contributed by atoms with Crippen LogP contribution in [0.1, 0.15) is 77.2 Å². The molecule has 7 rings (SSSR count). The van der Waals surface area contributed by atoms with Gasteiger partial charge in [0.1, 0.15) is 11.8 Å². The third kappa shape index (κ3) is 6.24. The predicted octanol–water partition coefficient (Wildman–Crippen LogP) is 4.54. The van der Waals surface area contributed by atoms with E-state index in [1.54, 1.807) is 23.0 Å². The van der Waals surface area contributed by atoms with Crippen molar-refractivity contribution in [1.82, 2.24) is 15.1 Å². The molecule has 3 fully saturated rings. The molecule has 0 radical (unpaired) electrons. The summed E-state index contributed by atoms with van der Waals surface area (Å²) in [6.45, 7) is 3.39. The number of nitrogens with one attached hydrogen (secondary N) is 1. The highest BCUT2D eigenvalue weighted by atomic mass is 16.5. The van der Waals surface area contributed by atoms with Crippen molar-refractivity contribution in [2.45, 2.75) is 64.1 Å². The molecule has 3 saturated heterocycles. The van der Waals surface area contributed by atoms with Gasteiger partial charge in [0, 0.05) is 60.8 Å². The number of imide groups is 1. The van der Waals surface area contributed by atoms with Crippen molar-refractivity contribution in [2.75, 3.05) is 25.1 Å². The van der Waals surface area contributed by atoms with Crippen LogP contribution in [0.2, 0.25) is 0 Å². The van der Waals surface area contributed by atoms with Gasteiger partial charge in [0.2, 0.25) is 23.6 Å². The number of likely N-dealkylation sites (tertiary alicyclic amines) is 1. The van der Waals surface area contributed by atoms with Crippen LogP contribution in [-0.4, -0.2) is 65.6 Å². The van der Waals surface area contributed by atoms with E-state index in [1.165, 1.54) is 0 Å². The molecule has 3 atom stereocenters. The molecule has 3 unspecified atom stereocenters. The van der Waals surface area contributed by atoms with Crippen LogP contribution in [0.5, 0.6) is 5.75 Å². The molecule has 0 aliphatic carbocycles. The molecule has 0 spiro atoms. The number of benzene rings is 3. The van der Waals surface area contributed by atoms with Crippen LogP contribution >= 0.6 is 0 Å². The molecule has 4 aliphatic rings. The van der Waals surface area contributed by atoms with Gasteiger partial charge >= 0.3 is 0 Å². The van der Waals surface area contributed by atoms with E-state index in [4.69, 9.17) is 4.74 Å². The average Bonchev–Trinajstić information content (AvgIpc) is 3.47. The van der Waals surface area contributed by atoms with Gasteiger partial charge < -0.3 is 19.4 Å². The van der Waals surface area contributed by atoms with Gasteiger partial charge in [0.25, 0.3) is 5.91 Å². The first kappa shape index (κ1) is 33.1. The van der Waals surface area contributed by atoms with E-state index in [2.05, 4.69) is 17.2 Å². The van der Waals surface area contributed by atoms with Crippen molar-refractivity contribution in [2.24, 2.45) is 11.8 Å². The molecule has 0 aromatic heterocycles. The maximum atomic E-state index is 14.3. The summed E-state index contributed by atoms with van der Waals surface area (Å²) in [5.41, 5.74) is 4.76. The zero-order valence-corrected chi connectivity index (χ0v) is 28.3. The SMILES string of the molecule is COc1ccccc1C1C(C(=O)N2CCC(C#Cc3cccc4c3CN(C3CCC(=O)NC3=O)C4=O)CC2)CCC(=O)N1c1ccc(C)cc1. The van der Waals surface area contributed by atoms with Crippen molar-refractivity contribution in [3.8, 4) is 17.6 Å². The summed E-state index contributed by atoms with van der Waals surface area (Å²) in [6.07, 6.45) is 2.67. The summed E-state index contributed by atoms with van der Waals surface area (Å²) in [5.74, 6) is 6.04. The zero-order valence-electron chi connectivity index (χ0n) is 28.3. The highest BCUT2D eigenvalue weighted by molar-refractivity contribution is 6.05. The molecular formula is C40H40N4O6. The molecule has 3 aromatic carbocycles. The number of carbonyl (C=O) groups excluding carboxylic acids is 5. The third-order valence-corrected chi connectivity index (χ3v) is 10.5. The van der Waals surface area contributed by atoms with Gasteiger partial charge in [-0.3, -0.25) is 29.3 Å². The molecule has 5 amide bonds. The molecule has 0 saturated carbocycles. The average molecular weight is 673 g/mol. The number of hydrogen-bond donors (Lipinski definition) is 1. The molecule has 10 heteroatoms. The smallest absolute Gasteiger partial charge is 0.255 e. The Balaban J connectivity index is 1.07. The van der Waals surface area contributed by atoms with E-state index in [0.717, 1.165) is 27.9 Å². The minimum Gasteiger partial charge on any atom is -0.496 e. The summed E-state index contributed by atoms with van der Waals surface area (Å²) >= 11 is 0. The number of methoxy groups -OCH3 is 1. The molecule has 1 N–H and O–H groups in total. The van der Waals surface area contributed by atoms with E-state index in [-0.39, 0.29) is 48.9 Å². The molecule has 4 aliphatic heterocycles. The Kier molecular flexibility index (Phi) is 9.15. The Morgan fingerprint density at radius 2 is 1.64 bits per heavy atom. The van der Waals surface area contributed by atoms with Crippen LogP contribution in [0.25, 0.3) is 0 Å². The Hall–Kier alpha value is -5.43. The topological polar surface area (TPSA) is 116 Å². The van der Waals surface area contributed by atoms with Crippen LogP contribution in [-0.2, 0) is 25.7 Å². The number of amides is 5. The quantitative estimate of drug-likeness (QED) is 0.315. The summed E-state index contributed by atoms with van der Waals surface area (Å²) in [4.78, 5) is 70.5. The molecule has 0 bridgehead atoms. The number of nitrogens with zero attached hydrogens (tertiary/aromatic N) is 3. The number of ether oxygens (including phenoxy) is 1. The fourth-order valence-corrected chi connectivity index (χ4v) is 7.79. The number of hydrogen-bond acceptors (Lipinski definition) is 6. The lowest BCUT2D eigenvalue weighted by Gasteiger charge is -2.43. The summed E-state index contributed by atoms with van der Waals surface area (Å²) in [6, 6.07) is 19.8. The van der Waals surface area contributed by atoms with Crippen LogP contribution in [0.3, 0.4) is 0 Å². The van der Waals surface area contributed by atoms with Gasteiger partial charge in [-0.25, -0.2) is 0 Å². The van der Waals surface area contributed by atoms with Gasteiger partial charge in [-0.05, 0) is 68.5 Å². The largest absolute Gasteiger partial charge is 0.496 e. The number of anilines is 1. The number of aryl methyl sites for hydroxylation is 1. The van der Waals surface area contributed by atoms with Crippen molar-refractivity contribution < 1.29 is 28.7 Å². The third-order valence-electron chi connectivity index (χ3n) is 10.5. The van der Waals surface area contributed by atoms with Crippen molar-refractivity contribution >= 4 is 35.2 Å². The number of para-hydroxylation sites is 1. The molecule has 256 valence electrons. The van der Waals surface area contributed by atoms with E-state index >= 15 is 0 Å². The maximum absolute atomic E-state index is 14.3. The van der Waals surface area contributed by atoms with Gasteiger partial charge in [-0.2, -0.15) is 0 Å². The van der Waals surface area contributed by atoms with E-state index in [0.29, 0.717) is 50.1 Å². The van der Waals surface area contributed by atoms with E-state index in [9.17, 15) is 24.0 Å². The molecule has 3 aromatic rings. The second-order valence-corrected chi connectivity index (χ2v) is 13.5. The standard InChI is InChI=1S/C40H40N4O6/c1-25-10-14-28(15-11-25)44-36(46)19-16-31(37(44)30-7-3-4-9-34(30)50-2)39(48)42-22-20-26(21-23-42)12-13-27-6-5-8-29-32(27)24-43(40(29)49)33-17-18-35(45)41-38(33)47/h3-11,14-15,26,31,33,37H,16-24H2,1-2H3,(H,41,45,47). The highest BCUT2D eigenvalue weighted by Gasteiger charge is 2.44. The maximum Gasteiger partial charge on any atom is 0.255 e. The second-order valence-electron chi connectivity index (χ2n) is 13.5. The van der Waals surface area contributed by atoms with Crippen molar-refractivity contribution in [3.63, 3.8) is 0 Å². The minimum absolute atomic E-state index is 0.0166. The van der Waals surface area contributed by atoms with Crippen molar-refractivity contribution in [1.29, 1.82) is 0 Å². The fraction of sp³-hybridized carbons (Fsp3) is 0.375. The van der Waals surface area contributed by atoms with Gasteiger partial charge in [0.05, 0.1) is 19.1 Å². The molecule has 10 nitrogen and oxygen atoms in total. The van der Waals surface area contributed by atoms with E-state index < -0.39 is 23.9 Å². The lowest BCUT2D eigenvalue weighted by atomic mass is 9.81. The number of piperidine rings is 3. The first-order valence-electron chi connectivity index (χ1n) is 17.3. The van der Waals surface area contributed by atoms with Gasteiger partial charge in [-0.1, -0.05) is 53.8 Å². The number of carbonyl (C=O) groups is 5. The normalized spacial score (nSPS) is 22.5. The molecular weight excluding hydrogens is 632 g/mol. The second kappa shape index (κ2) is 13.8. The minimum atomic E-state index is -0.677. The Morgan fingerprint density at radius 1 is 0.880 bits per heavy atom. The van der Waals surface area contributed by atoms with Crippen LogP contribution in [0, 0.1) is 30.6 Å². The van der Waals surface area contributed by atoms with Crippen LogP contribution < -0.4 is 15.0 Å². The van der Waals surface area contributed by atoms with Crippen molar-refractivity contribution in [3.05, 3.63) is 94.5 Å². The summed E-state index contributed by atoms with van der Waals surface area (Å²) in [7, 11) is 1.61. The first-order valence-corrected chi connectivity index (χ1v) is 17.3. The first-order chi connectivity index (χ1) is 24.2. The van der Waals surface area contributed by atoms with E-state index in [1.807, 2.05) is 72.5 Å². The fourth-order valence-electron chi connectivity index (χ4n) is 7.79. The highest BCUT2D eigenvalue weighted by Crippen LogP contribution is 2.44. The van der Waals surface area contributed by atoms with Crippen LogP contribution in [0.15, 0.2) is 66.7 Å². The lowest BCUT2D eigenvalue weighted by Crippen LogP contribution is -2.52. The van der Waals surface area contributed by atoms with Gasteiger partial charge in [-0.15, -0.1) is 0 Å². The monoisotopic (exact) mass is 672 g/mol. The zero-order chi connectivity index (χ0) is 34.9. The number of rotatable bonds is 5. The Morgan fingerprint density at radius 3 is 2.38 bits per heavy atom. The lowest BCUT2D eigenvalue weighted by molar-refractivity contribution is -0.140. The molecule has 4 heterocycles. The van der Waals surface area contributed by atoms with Gasteiger partial charge in [0.15, 0.2) is 0 Å². The number of fused-ring (bicyclic) bond motifs is 1. The molecule has 50 heavy (non-hydrogen) atoms.